The Morgan fingerprint density at radius 2 is 2.10 bits per heavy atom. The number of nitriles is 1. The van der Waals surface area contributed by atoms with Gasteiger partial charge in [-0.05, 0) is 42.7 Å². The van der Waals surface area contributed by atoms with Crippen molar-refractivity contribution in [2.24, 2.45) is 0 Å². The van der Waals surface area contributed by atoms with Crippen molar-refractivity contribution in [2.75, 3.05) is 5.32 Å². The zero-order valence-corrected chi connectivity index (χ0v) is 12.7. The predicted octanol–water partition coefficient (Wildman–Crippen LogP) is 3.09. The lowest BCUT2D eigenvalue weighted by atomic mass is 10.1. The summed E-state index contributed by atoms with van der Waals surface area (Å²) in [6.07, 6.45) is 0. The van der Waals surface area contributed by atoms with Crippen LogP contribution in [0.25, 0.3) is 0 Å². The number of anilines is 1. The number of nitrogens with one attached hydrogen (secondary N) is 2. The van der Waals surface area contributed by atoms with Gasteiger partial charge in [-0.2, -0.15) is 5.26 Å². The first-order chi connectivity index (χ1) is 10.1. The number of amides is 1. The van der Waals surface area contributed by atoms with Gasteiger partial charge in [-0.1, -0.05) is 6.07 Å². The third kappa shape index (κ3) is 2.44. The van der Waals surface area contributed by atoms with Gasteiger partial charge in [0.05, 0.1) is 5.56 Å². The van der Waals surface area contributed by atoms with Crippen molar-refractivity contribution in [1.29, 1.82) is 5.26 Å². The van der Waals surface area contributed by atoms with E-state index in [2.05, 4.69) is 16.7 Å². The van der Waals surface area contributed by atoms with Crippen LogP contribution in [0.5, 0.6) is 0 Å². The summed E-state index contributed by atoms with van der Waals surface area (Å²) in [7, 11) is 0. The van der Waals surface area contributed by atoms with Gasteiger partial charge in [0.2, 0.25) is 0 Å². The standard InChI is InChI=1S/C16H15N3OS/c1-9-10(2)21-16(14(9)6-17)19-15(20)11-3-4-12-7-18-8-13(12)5-11/h3-5,18H,7-8H2,1-2H3,(H,19,20). The van der Waals surface area contributed by atoms with Crippen LogP contribution in [0.1, 0.15) is 37.5 Å². The lowest BCUT2D eigenvalue weighted by Gasteiger charge is -2.05. The quantitative estimate of drug-likeness (QED) is 0.895. The minimum absolute atomic E-state index is 0.164. The number of aryl methyl sites for hydroxylation is 1. The van der Waals surface area contributed by atoms with E-state index in [1.165, 1.54) is 22.5 Å². The van der Waals surface area contributed by atoms with E-state index in [-0.39, 0.29) is 5.91 Å². The van der Waals surface area contributed by atoms with Crippen LogP contribution in [-0.2, 0) is 13.1 Å². The van der Waals surface area contributed by atoms with Crippen molar-refractivity contribution in [3.63, 3.8) is 0 Å². The molecule has 1 aromatic carbocycles. The summed E-state index contributed by atoms with van der Waals surface area (Å²) in [4.78, 5) is 13.4. The van der Waals surface area contributed by atoms with Crippen LogP contribution in [-0.4, -0.2) is 5.91 Å². The Balaban J connectivity index is 1.87. The molecule has 2 aromatic rings. The Bertz CT molecular complexity index is 771. The number of carbonyl (C=O) groups excluding carboxylic acids is 1. The first kappa shape index (κ1) is 13.8. The lowest BCUT2D eigenvalue weighted by Crippen LogP contribution is -2.12. The molecule has 21 heavy (non-hydrogen) atoms. The smallest absolute Gasteiger partial charge is 0.256 e. The van der Waals surface area contributed by atoms with Crippen molar-refractivity contribution in [3.8, 4) is 6.07 Å². The van der Waals surface area contributed by atoms with Gasteiger partial charge in [-0.3, -0.25) is 4.79 Å². The maximum Gasteiger partial charge on any atom is 0.256 e. The van der Waals surface area contributed by atoms with Crippen molar-refractivity contribution >= 4 is 22.2 Å². The number of fused-ring (bicyclic) bond motifs is 1. The summed E-state index contributed by atoms with van der Waals surface area (Å²) in [6, 6.07) is 7.91. The molecule has 106 valence electrons. The summed E-state index contributed by atoms with van der Waals surface area (Å²) in [5, 5.41) is 16.0. The maximum absolute atomic E-state index is 12.4. The normalized spacial score (nSPS) is 12.8. The molecule has 0 spiro atoms. The van der Waals surface area contributed by atoms with Crippen LogP contribution in [0.2, 0.25) is 0 Å². The highest BCUT2D eigenvalue weighted by atomic mass is 32.1. The van der Waals surface area contributed by atoms with Crippen LogP contribution >= 0.6 is 11.3 Å². The van der Waals surface area contributed by atoms with Crippen molar-refractivity contribution < 1.29 is 4.79 Å². The molecule has 0 unspecified atom stereocenters. The Hall–Kier alpha value is -2.16. The molecule has 3 rings (SSSR count). The van der Waals surface area contributed by atoms with Gasteiger partial charge >= 0.3 is 0 Å². The fourth-order valence-corrected chi connectivity index (χ4v) is 3.47. The predicted molar refractivity (Wildman–Crippen MR) is 83.4 cm³/mol. The van der Waals surface area contributed by atoms with Gasteiger partial charge in [0.15, 0.2) is 0 Å². The van der Waals surface area contributed by atoms with Crippen LogP contribution in [0, 0.1) is 25.2 Å². The summed E-state index contributed by atoms with van der Waals surface area (Å²) in [6.45, 7) is 5.52. The second kappa shape index (κ2) is 5.32. The van der Waals surface area contributed by atoms with E-state index in [1.807, 2.05) is 32.0 Å². The molecule has 0 saturated carbocycles. The Morgan fingerprint density at radius 3 is 2.86 bits per heavy atom. The Morgan fingerprint density at radius 1 is 1.33 bits per heavy atom. The molecule has 0 bridgehead atoms. The average molecular weight is 297 g/mol. The molecular formula is C16H15N3OS. The fraction of sp³-hybridized carbons (Fsp3) is 0.250. The number of thiophene rings is 1. The van der Waals surface area contributed by atoms with E-state index in [9.17, 15) is 10.1 Å². The lowest BCUT2D eigenvalue weighted by molar-refractivity contribution is 0.102. The second-order valence-corrected chi connectivity index (χ2v) is 6.37. The van der Waals surface area contributed by atoms with E-state index in [0.717, 1.165) is 23.5 Å². The fourth-order valence-electron chi connectivity index (χ4n) is 2.46. The zero-order chi connectivity index (χ0) is 15.0. The highest BCUT2D eigenvalue weighted by Gasteiger charge is 2.17. The molecule has 5 heteroatoms. The number of hydrogen-bond donors (Lipinski definition) is 2. The van der Waals surface area contributed by atoms with E-state index >= 15 is 0 Å². The molecular weight excluding hydrogens is 282 g/mol. The van der Waals surface area contributed by atoms with Gasteiger partial charge in [0.25, 0.3) is 5.91 Å². The van der Waals surface area contributed by atoms with Crippen LogP contribution in [0.3, 0.4) is 0 Å². The van der Waals surface area contributed by atoms with Gasteiger partial charge < -0.3 is 10.6 Å². The average Bonchev–Trinajstić information content (AvgIpc) is 3.03. The third-order valence-electron chi connectivity index (χ3n) is 3.82. The third-order valence-corrected chi connectivity index (χ3v) is 4.95. The van der Waals surface area contributed by atoms with E-state index in [4.69, 9.17) is 0 Å². The first-order valence-corrected chi connectivity index (χ1v) is 7.55. The van der Waals surface area contributed by atoms with E-state index < -0.39 is 0 Å². The summed E-state index contributed by atoms with van der Waals surface area (Å²) < 4.78 is 0. The highest BCUT2D eigenvalue weighted by Crippen LogP contribution is 2.32. The second-order valence-electron chi connectivity index (χ2n) is 5.14. The number of benzene rings is 1. The summed E-state index contributed by atoms with van der Waals surface area (Å²) in [5.74, 6) is -0.164. The zero-order valence-electron chi connectivity index (χ0n) is 11.9. The van der Waals surface area contributed by atoms with E-state index in [1.54, 1.807) is 0 Å². The largest absolute Gasteiger partial charge is 0.312 e. The molecule has 0 radical (unpaired) electrons. The summed E-state index contributed by atoms with van der Waals surface area (Å²) >= 11 is 1.45. The molecule has 0 atom stereocenters. The number of hydrogen-bond acceptors (Lipinski definition) is 4. The molecule has 0 saturated heterocycles. The molecule has 1 aliphatic rings. The molecule has 1 amide bonds. The molecule has 4 nitrogen and oxygen atoms in total. The van der Waals surface area contributed by atoms with Gasteiger partial charge in [0.1, 0.15) is 11.1 Å². The summed E-state index contributed by atoms with van der Waals surface area (Å²) in [5.41, 5.74) is 4.54. The number of carbonyl (C=O) groups is 1. The molecule has 2 N–H and O–H groups in total. The minimum Gasteiger partial charge on any atom is -0.312 e. The SMILES string of the molecule is Cc1sc(NC(=O)c2ccc3c(c2)CNC3)c(C#N)c1C. The number of rotatable bonds is 2. The monoisotopic (exact) mass is 297 g/mol. The highest BCUT2D eigenvalue weighted by molar-refractivity contribution is 7.16. The van der Waals surface area contributed by atoms with Crippen LogP contribution in [0.4, 0.5) is 5.00 Å². The maximum atomic E-state index is 12.4. The van der Waals surface area contributed by atoms with Gasteiger partial charge in [-0.15, -0.1) is 11.3 Å². The van der Waals surface area contributed by atoms with Gasteiger partial charge in [-0.25, -0.2) is 0 Å². The van der Waals surface area contributed by atoms with Gasteiger partial charge in [0, 0.05) is 23.5 Å². The first-order valence-electron chi connectivity index (χ1n) is 6.74. The van der Waals surface area contributed by atoms with Crippen molar-refractivity contribution in [2.45, 2.75) is 26.9 Å². The Labute approximate surface area is 127 Å². The minimum atomic E-state index is -0.164. The van der Waals surface area contributed by atoms with E-state index in [0.29, 0.717) is 16.1 Å². The topological polar surface area (TPSA) is 64.9 Å². The molecule has 2 heterocycles. The van der Waals surface area contributed by atoms with Crippen molar-refractivity contribution in [3.05, 3.63) is 50.9 Å². The van der Waals surface area contributed by atoms with Crippen LogP contribution in [0.15, 0.2) is 18.2 Å². The number of nitrogens with zero attached hydrogens (tertiary/aromatic N) is 1. The Kier molecular flexibility index (Phi) is 3.50. The van der Waals surface area contributed by atoms with Crippen molar-refractivity contribution in [1.82, 2.24) is 5.32 Å². The molecule has 0 fully saturated rings. The molecule has 0 aliphatic carbocycles. The molecule has 1 aromatic heterocycles. The van der Waals surface area contributed by atoms with Crippen LogP contribution < -0.4 is 10.6 Å². The molecule has 1 aliphatic heterocycles.